The van der Waals surface area contributed by atoms with Crippen LogP contribution in [-0.2, 0) is 4.79 Å². The molecule has 90 valence electrons. The van der Waals surface area contributed by atoms with E-state index in [4.69, 9.17) is 0 Å². The summed E-state index contributed by atoms with van der Waals surface area (Å²) in [6, 6.07) is 0.374. The number of nitrogens with one attached hydrogen (secondary N) is 1. The summed E-state index contributed by atoms with van der Waals surface area (Å²) in [4.78, 5) is 12.2. The second-order valence-corrected chi connectivity index (χ2v) is 6.67. The number of amides is 1. The monoisotopic (exact) mass is 221 g/mol. The Morgan fingerprint density at radius 3 is 2.56 bits per heavy atom. The Bertz CT molecular complexity index is 308. The minimum atomic E-state index is 0.351. The van der Waals surface area contributed by atoms with Gasteiger partial charge in [0.1, 0.15) is 0 Å². The van der Waals surface area contributed by atoms with E-state index in [0.29, 0.717) is 29.2 Å². The van der Waals surface area contributed by atoms with Crippen molar-refractivity contribution >= 4 is 5.91 Å². The fourth-order valence-electron chi connectivity index (χ4n) is 3.69. The Labute approximate surface area is 98.2 Å². The molecule has 2 nitrogen and oxygen atoms in total. The molecule has 0 heterocycles. The quantitative estimate of drug-likeness (QED) is 0.780. The third-order valence-corrected chi connectivity index (χ3v) is 5.52. The van der Waals surface area contributed by atoms with Gasteiger partial charge in [0.15, 0.2) is 0 Å². The molecular formula is C14H23NO. The Morgan fingerprint density at radius 1 is 1.31 bits per heavy atom. The van der Waals surface area contributed by atoms with Gasteiger partial charge in [0, 0.05) is 12.0 Å². The van der Waals surface area contributed by atoms with Crippen LogP contribution in [0.3, 0.4) is 0 Å². The molecule has 2 bridgehead atoms. The van der Waals surface area contributed by atoms with Gasteiger partial charge in [-0.2, -0.15) is 0 Å². The van der Waals surface area contributed by atoms with Crippen LogP contribution in [0.4, 0.5) is 0 Å². The first-order valence-corrected chi connectivity index (χ1v) is 6.89. The van der Waals surface area contributed by atoms with Gasteiger partial charge in [0.05, 0.1) is 0 Å². The molecule has 0 spiro atoms. The highest BCUT2D eigenvalue weighted by Gasteiger charge is 2.46. The SMILES string of the molecule is C[C@@H](NC(=O)C1CC2CCC1C2)C1(C)CC1. The number of hydrogen-bond acceptors (Lipinski definition) is 1. The van der Waals surface area contributed by atoms with Crippen LogP contribution in [0.5, 0.6) is 0 Å². The maximum atomic E-state index is 12.2. The van der Waals surface area contributed by atoms with Crippen LogP contribution in [0.1, 0.15) is 52.4 Å². The van der Waals surface area contributed by atoms with E-state index < -0.39 is 0 Å². The van der Waals surface area contributed by atoms with E-state index in [2.05, 4.69) is 19.2 Å². The molecule has 3 fully saturated rings. The van der Waals surface area contributed by atoms with Crippen molar-refractivity contribution in [3.8, 4) is 0 Å². The van der Waals surface area contributed by atoms with Crippen molar-refractivity contribution < 1.29 is 4.79 Å². The molecule has 0 aromatic heterocycles. The lowest BCUT2D eigenvalue weighted by molar-refractivity contribution is -0.127. The molecule has 1 N–H and O–H groups in total. The molecule has 0 aromatic carbocycles. The minimum absolute atomic E-state index is 0.351. The van der Waals surface area contributed by atoms with Crippen LogP contribution in [0.25, 0.3) is 0 Å². The second kappa shape index (κ2) is 3.48. The lowest BCUT2D eigenvalue weighted by Crippen LogP contribution is -2.42. The number of hydrogen-bond donors (Lipinski definition) is 1. The zero-order valence-electron chi connectivity index (χ0n) is 10.5. The van der Waals surface area contributed by atoms with Crippen molar-refractivity contribution in [2.75, 3.05) is 0 Å². The van der Waals surface area contributed by atoms with Gasteiger partial charge in [-0.15, -0.1) is 0 Å². The first-order valence-electron chi connectivity index (χ1n) is 6.89. The van der Waals surface area contributed by atoms with Crippen LogP contribution in [0.15, 0.2) is 0 Å². The van der Waals surface area contributed by atoms with Crippen LogP contribution in [0, 0.1) is 23.2 Å². The Kier molecular flexibility index (Phi) is 2.31. The van der Waals surface area contributed by atoms with Crippen molar-refractivity contribution in [2.24, 2.45) is 23.2 Å². The fourth-order valence-corrected chi connectivity index (χ4v) is 3.69. The van der Waals surface area contributed by atoms with Gasteiger partial charge in [-0.3, -0.25) is 4.79 Å². The smallest absolute Gasteiger partial charge is 0.223 e. The maximum Gasteiger partial charge on any atom is 0.223 e. The average molecular weight is 221 g/mol. The summed E-state index contributed by atoms with van der Waals surface area (Å²) in [5.74, 6) is 2.29. The standard InChI is InChI=1S/C14H23NO/c1-9(14(2)5-6-14)15-13(16)12-8-10-3-4-11(12)7-10/h9-12H,3-8H2,1-2H3,(H,15,16)/t9-,10?,11?,12?/m1/s1. The van der Waals surface area contributed by atoms with E-state index in [-0.39, 0.29) is 0 Å². The summed E-state index contributed by atoms with van der Waals surface area (Å²) >= 11 is 0. The third kappa shape index (κ3) is 1.66. The predicted molar refractivity (Wildman–Crippen MR) is 63.9 cm³/mol. The van der Waals surface area contributed by atoms with Gasteiger partial charge in [-0.05, 0) is 56.3 Å². The zero-order valence-corrected chi connectivity index (χ0v) is 10.5. The number of carbonyl (C=O) groups is 1. The summed E-state index contributed by atoms with van der Waals surface area (Å²) in [5.41, 5.74) is 0.410. The van der Waals surface area contributed by atoms with E-state index in [1.807, 2.05) is 0 Å². The Morgan fingerprint density at radius 2 is 2.06 bits per heavy atom. The summed E-state index contributed by atoms with van der Waals surface area (Å²) in [7, 11) is 0. The summed E-state index contributed by atoms with van der Waals surface area (Å²) in [6.45, 7) is 4.47. The zero-order chi connectivity index (χ0) is 11.3. The van der Waals surface area contributed by atoms with Crippen molar-refractivity contribution in [1.29, 1.82) is 0 Å². The number of carbonyl (C=O) groups excluding carboxylic acids is 1. The minimum Gasteiger partial charge on any atom is -0.353 e. The molecule has 0 saturated heterocycles. The van der Waals surface area contributed by atoms with Crippen molar-refractivity contribution in [3.05, 3.63) is 0 Å². The highest BCUT2D eigenvalue weighted by Crippen LogP contribution is 2.50. The van der Waals surface area contributed by atoms with Crippen LogP contribution in [0.2, 0.25) is 0 Å². The lowest BCUT2D eigenvalue weighted by Gasteiger charge is -2.26. The van der Waals surface area contributed by atoms with Gasteiger partial charge < -0.3 is 5.32 Å². The van der Waals surface area contributed by atoms with E-state index >= 15 is 0 Å². The molecule has 3 rings (SSSR count). The van der Waals surface area contributed by atoms with Gasteiger partial charge in [-0.1, -0.05) is 13.3 Å². The molecule has 1 amide bonds. The molecule has 0 radical (unpaired) electrons. The molecule has 3 aliphatic carbocycles. The molecule has 3 saturated carbocycles. The largest absolute Gasteiger partial charge is 0.353 e. The summed E-state index contributed by atoms with van der Waals surface area (Å²) in [5, 5.41) is 3.27. The van der Waals surface area contributed by atoms with Crippen molar-refractivity contribution in [2.45, 2.75) is 58.4 Å². The highest BCUT2D eigenvalue weighted by molar-refractivity contribution is 5.79. The Balaban J connectivity index is 1.57. The van der Waals surface area contributed by atoms with Gasteiger partial charge >= 0.3 is 0 Å². The summed E-state index contributed by atoms with van der Waals surface area (Å²) in [6.07, 6.45) is 7.73. The molecule has 4 atom stereocenters. The van der Waals surface area contributed by atoms with Gasteiger partial charge in [-0.25, -0.2) is 0 Å². The average Bonchev–Trinajstić information content (AvgIpc) is 2.75. The van der Waals surface area contributed by atoms with Gasteiger partial charge in [0.2, 0.25) is 5.91 Å². The topological polar surface area (TPSA) is 29.1 Å². The molecule has 0 aliphatic heterocycles. The Hall–Kier alpha value is -0.530. The lowest BCUT2D eigenvalue weighted by atomic mass is 9.87. The molecule has 16 heavy (non-hydrogen) atoms. The van der Waals surface area contributed by atoms with Crippen LogP contribution >= 0.6 is 0 Å². The molecule has 3 aliphatic rings. The third-order valence-electron chi connectivity index (χ3n) is 5.52. The molecule has 2 heteroatoms. The fraction of sp³-hybridized carbons (Fsp3) is 0.929. The van der Waals surface area contributed by atoms with Crippen molar-refractivity contribution in [1.82, 2.24) is 5.32 Å². The maximum absolute atomic E-state index is 12.2. The van der Waals surface area contributed by atoms with Crippen molar-refractivity contribution in [3.63, 3.8) is 0 Å². The van der Waals surface area contributed by atoms with Crippen LogP contribution < -0.4 is 5.32 Å². The van der Waals surface area contributed by atoms with Crippen LogP contribution in [-0.4, -0.2) is 11.9 Å². The van der Waals surface area contributed by atoms with E-state index in [1.54, 1.807) is 0 Å². The predicted octanol–water partition coefficient (Wildman–Crippen LogP) is 2.73. The second-order valence-electron chi connectivity index (χ2n) is 6.67. The first kappa shape index (κ1) is 10.6. The van der Waals surface area contributed by atoms with Gasteiger partial charge in [0.25, 0.3) is 0 Å². The molecule has 0 aromatic rings. The van der Waals surface area contributed by atoms with E-state index in [9.17, 15) is 4.79 Å². The van der Waals surface area contributed by atoms with E-state index in [1.165, 1.54) is 38.5 Å². The normalized spacial score (nSPS) is 40.8. The number of rotatable bonds is 3. The first-order chi connectivity index (χ1) is 7.58. The van der Waals surface area contributed by atoms with E-state index in [0.717, 1.165) is 5.92 Å². The molecule has 3 unspecified atom stereocenters. The molecular weight excluding hydrogens is 198 g/mol. The number of fused-ring (bicyclic) bond motifs is 2. The summed E-state index contributed by atoms with van der Waals surface area (Å²) < 4.78 is 0. The highest BCUT2D eigenvalue weighted by atomic mass is 16.2.